The molecule has 1 fully saturated rings. The van der Waals surface area contributed by atoms with Crippen molar-refractivity contribution in [2.45, 2.75) is 65.4 Å². The molecule has 0 aliphatic carbocycles. The zero-order chi connectivity index (χ0) is 26.6. The van der Waals surface area contributed by atoms with Crippen molar-refractivity contribution >= 4 is 25.5 Å². The van der Waals surface area contributed by atoms with Crippen molar-refractivity contribution in [1.82, 2.24) is 4.90 Å². The molecule has 3 rings (SSSR count). The monoisotopic (exact) mass is 487 g/mol. The van der Waals surface area contributed by atoms with Gasteiger partial charge in [-0.3, -0.25) is 14.1 Å². The number of Topliss-reactive ketones (excluding diaryl/α,β-unsaturated/α-hetero) is 1. The molecular formula is C27H38BF2N2O3. The Kier molecular flexibility index (Phi) is 12.7. The molecule has 2 N–H and O–H groups in total. The Morgan fingerprint density at radius 3 is 2.26 bits per heavy atom. The first-order chi connectivity index (χ1) is 16.6. The molecule has 1 heterocycles. The molecule has 8 heteroatoms. The van der Waals surface area contributed by atoms with Crippen LogP contribution in [0.1, 0.15) is 62.8 Å². The number of benzene rings is 2. The van der Waals surface area contributed by atoms with Crippen molar-refractivity contribution in [3.63, 3.8) is 0 Å². The third-order valence-electron chi connectivity index (χ3n) is 6.44. The Balaban J connectivity index is 0.000000395. The van der Waals surface area contributed by atoms with E-state index in [1.807, 2.05) is 27.6 Å². The number of phenols is 1. The van der Waals surface area contributed by atoms with Gasteiger partial charge in [0, 0.05) is 12.2 Å². The van der Waals surface area contributed by atoms with Crippen LogP contribution >= 0.6 is 0 Å². The normalized spacial score (nSPS) is 15.9. The van der Waals surface area contributed by atoms with Crippen molar-refractivity contribution < 1.29 is 23.5 Å². The molecule has 0 saturated carbocycles. The smallest absolute Gasteiger partial charge is 0.159 e. The van der Waals surface area contributed by atoms with E-state index in [0.717, 1.165) is 49.3 Å². The van der Waals surface area contributed by atoms with Crippen LogP contribution in [-0.2, 0) is 15.1 Å². The summed E-state index contributed by atoms with van der Waals surface area (Å²) in [6, 6.07) is 9.14. The van der Waals surface area contributed by atoms with Crippen molar-refractivity contribution in [2.75, 3.05) is 25.0 Å². The highest BCUT2D eigenvalue weighted by Gasteiger charge is 2.40. The molecule has 2 aromatic carbocycles. The fourth-order valence-corrected chi connectivity index (χ4v) is 4.33. The van der Waals surface area contributed by atoms with Crippen molar-refractivity contribution in [3.8, 4) is 5.75 Å². The molecule has 191 valence electrons. The Bertz CT molecular complexity index is 937. The maximum atomic E-state index is 14.1. The van der Waals surface area contributed by atoms with Gasteiger partial charge in [0.25, 0.3) is 0 Å². The number of carbonyl (C=O) groups excluding carboxylic acids is 2. The summed E-state index contributed by atoms with van der Waals surface area (Å²) in [6.07, 6.45) is 2.36. The second kappa shape index (κ2) is 14.6. The summed E-state index contributed by atoms with van der Waals surface area (Å²) in [6.45, 7) is 13.7. The fraction of sp³-hybridized carbons (Fsp3) is 0.481. The number of ketones is 1. The minimum Gasteiger partial charge on any atom is -0.508 e. The Labute approximate surface area is 209 Å². The Hall–Kier alpha value is -2.74. The maximum Gasteiger partial charge on any atom is 0.159 e. The predicted octanol–water partition coefficient (Wildman–Crippen LogP) is 5.78. The molecule has 1 radical (unpaired) electrons. The summed E-state index contributed by atoms with van der Waals surface area (Å²) >= 11 is 0. The van der Waals surface area contributed by atoms with Crippen LogP contribution in [0, 0.1) is 12.7 Å². The number of nitrogens with one attached hydrogen (secondary N) is 1. The lowest BCUT2D eigenvalue weighted by molar-refractivity contribution is -0.129. The van der Waals surface area contributed by atoms with Gasteiger partial charge in [0.15, 0.2) is 13.1 Å². The molecule has 0 bridgehead atoms. The number of carbonyl (C=O) groups is 2. The lowest BCUT2D eigenvalue weighted by Gasteiger charge is -2.43. The van der Waals surface area contributed by atoms with Gasteiger partial charge in [0.05, 0.1) is 6.07 Å². The molecule has 2 aromatic rings. The highest BCUT2D eigenvalue weighted by molar-refractivity contribution is 6.35. The molecule has 1 saturated heterocycles. The van der Waals surface area contributed by atoms with Crippen LogP contribution in [0.15, 0.2) is 36.4 Å². The van der Waals surface area contributed by atoms with Crippen LogP contribution in [-0.4, -0.2) is 49.5 Å². The van der Waals surface area contributed by atoms with Gasteiger partial charge in [-0.25, -0.2) is 4.39 Å². The molecule has 1 aliphatic rings. The van der Waals surface area contributed by atoms with E-state index in [-0.39, 0.29) is 17.3 Å². The average Bonchev–Trinajstić information content (AvgIpc) is 2.87. The van der Waals surface area contributed by atoms with E-state index in [0.29, 0.717) is 5.56 Å². The van der Waals surface area contributed by atoms with Gasteiger partial charge < -0.3 is 15.2 Å². The van der Waals surface area contributed by atoms with E-state index in [2.05, 4.69) is 10.2 Å². The highest BCUT2D eigenvalue weighted by Crippen LogP contribution is 2.37. The number of piperidine rings is 1. The molecule has 0 amide bonds. The standard InChI is InChI=1S/C18H27FN2O.C8H9BFO.CH2O/c1-5-20-17-12-15(19)11-16(13(17)2)18(4,14(3)22)21-9-7-6-8-10-21;1-9-8(10)6-2-4-7(11)5-3-6;1-2/h11-12,20H,5-10H2,1-4H3;2-5,8,11H,1H3;1H2. The lowest BCUT2D eigenvalue weighted by Crippen LogP contribution is -2.51. The van der Waals surface area contributed by atoms with E-state index in [9.17, 15) is 13.6 Å². The number of nitrogens with zero attached hydrogens (tertiary/aromatic N) is 1. The minimum atomic E-state index is -1.03. The van der Waals surface area contributed by atoms with Gasteiger partial charge in [0.1, 0.15) is 23.9 Å². The molecule has 2 unspecified atom stereocenters. The average molecular weight is 487 g/mol. The van der Waals surface area contributed by atoms with Crippen molar-refractivity contribution in [1.29, 1.82) is 0 Å². The van der Waals surface area contributed by atoms with Crippen LogP contribution in [0.5, 0.6) is 5.75 Å². The second-order valence-corrected chi connectivity index (χ2v) is 8.66. The first-order valence-electron chi connectivity index (χ1n) is 12.0. The van der Waals surface area contributed by atoms with E-state index in [1.165, 1.54) is 38.0 Å². The number of aromatic hydroxyl groups is 1. The number of alkyl halides is 1. The summed E-state index contributed by atoms with van der Waals surface area (Å²) < 4.78 is 27.0. The van der Waals surface area contributed by atoms with Gasteiger partial charge >= 0.3 is 0 Å². The number of halogens is 2. The van der Waals surface area contributed by atoms with Crippen LogP contribution in [0.25, 0.3) is 0 Å². The number of likely N-dealkylation sites (tertiary alicyclic amines) is 1. The second-order valence-electron chi connectivity index (χ2n) is 8.66. The largest absolute Gasteiger partial charge is 0.508 e. The number of rotatable bonds is 7. The SMILES string of the molecule is C=O.CCNc1cc(F)cc(C(C)(C(C)=O)N2CCCCC2)c1C.C[B]C(F)c1ccc(O)cc1. The topological polar surface area (TPSA) is 69.6 Å². The van der Waals surface area contributed by atoms with E-state index in [4.69, 9.17) is 9.90 Å². The van der Waals surface area contributed by atoms with Gasteiger partial charge in [-0.15, -0.1) is 0 Å². The lowest BCUT2D eigenvalue weighted by atomic mass is 9.73. The number of phenolic OH excluding ortho intramolecular Hbond substituents is 1. The number of hydrogen-bond donors (Lipinski definition) is 2. The van der Waals surface area contributed by atoms with E-state index in [1.54, 1.807) is 25.9 Å². The van der Waals surface area contributed by atoms with Crippen LogP contribution in [0.3, 0.4) is 0 Å². The summed E-state index contributed by atoms with van der Waals surface area (Å²) in [5, 5.41) is 12.1. The molecule has 0 spiro atoms. The van der Waals surface area contributed by atoms with Gasteiger partial charge in [-0.05, 0) is 94.6 Å². The summed E-state index contributed by atoms with van der Waals surface area (Å²) in [7, 11) is 1.46. The van der Waals surface area contributed by atoms with Crippen LogP contribution in [0.4, 0.5) is 14.5 Å². The number of hydrogen-bond acceptors (Lipinski definition) is 5. The van der Waals surface area contributed by atoms with Crippen LogP contribution < -0.4 is 5.32 Å². The Morgan fingerprint density at radius 1 is 1.20 bits per heavy atom. The van der Waals surface area contributed by atoms with Crippen molar-refractivity contribution in [2.24, 2.45) is 0 Å². The summed E-state index contributed by atoms with van der Waals surface area (Å²) in [5.74, 6) is -0.0522. The molecule has 35 heavy (non-hydrogen) atoms. The third kappa shape index (κ3) is 7.89. The first kappa shape index (κ1) is 30.3. The van der Waals surface area contributed by atoms with E-state index >= 15 is 0 Å². The summed E-state index contributed by atoms with van der Waals surface area (Å²) in [5.41, 5.74) is 2.35. The van der Waals surface area contributed by atoms with Gasteiger partial charge in [0.2, 0.25) is 0 Å². The molecule has 5 nitrogen and oxygen atoms in total. The van der Waals surface area contributed by atoms with Crippen molar-refractivity contribution in [3.05, 3.63) is 58.9 Å². The zero-order valence-electron chi connectivity index (χ0n) is 21.5. The quantitative estimate of drug-likeness (QED) is 0.485. The number of anilines is 1. The predicted molar refractivity (Wildman–Crippen MR) is 139 cm³/mol. The zero-order valence-corrected chi connectivity index (χ0v) is 21.5. The Morgan fingerprint density at radius 2 is 1.77 bits per heavy atom. The van der Waals surface area contributed by atoms with Gasteiger partial charge in [-0.1, -0.05) is 25.4 Å². The van der Waals surface area contributed by atoms with Gasteiger partial charge in [-0.2, -0.15) is 0 Å². The minimum absolute atomic E-state index is 0.0746. The summed E-state index contributed by atoms with van der Waals surface area (Å²) in [4.78, 5) is 22.7. The highest BCUT2D eigenvalue weighted by atomic mass is 19.1. The molecule has 2 atom stereocenters. The molecule has 0 aromatic heterocycles. The van der Waals surface area contributed by atoms with E-state index < -0.39 is 11.6 Å². The third-order valence-corrected chi connectivity index (χ3v) is 6.44. The first-order valence-corrected chi connectivity index (χ1v) is 12.0. The maximum absolute atomic E-state index is 14.1. The molecule has 1 aliphatic heterocycles. The molecular weight excluding hydrogens is 449 g/mol. The fourth-order valence-electron chi connectivity index (χ4n) is 4.33. The van der Waals surface area contributed by atoms with Crippen LogP contribution in [0.2, 0.25) is 6.82 Å².